The lowest BCUT2D eigenvalue weighted by molar-refractivity contribution is 0.0989. The fourth-order valence-corrected chi connectivity index (χ4v) is 5.10. The van der Waals surface area contributed by atoms with Crippen LogP contribution in [0.4, 0.5) is 5.95 Å². The van der Waals surface area contributed by atoms with E-state index in [2.05, 4.69) is 29.9 Å². The Morgan fingerprint density at radius 2 is 1.77 bits per heavy atom. The molecule has 0 saturated heterocycles. The van der Waals surface area contributed by atoms with Gasteiger partial charge in [0.05, 0.1) is 24.9 Å². The van der Waals surface area contributed by atoms with Crippen molar-refractivity contribution in [2.24, 2.45) is 0 Å². The number of rotatable bonds is 10. The Hall–Kier alpha value is -3.03. The standard InChI is InChI=1S/C21H26ClN7O5S/c1-12(17(32-2)15-9-8-14(22)10-23-15)35(30,31)28-21-27-26-18(13-6-5-7-13)29(21)16-19(33-3)24-11-25-20(16)34-4/h8-13,17H,5-7H2,1-4H3,(H,27,28). The van der Waals surface area contributed by atoms with E-state index in [9.17, 15) is 8.42 Å². The molecule has 3 heterocycles. The molecule has 1 aliphatic rings. The van der Waals surface area contributed by atoms with Gasteiger partial charge in [0.25, 0.3) is 0 Å². The van der Waals surface area contributed by atoms with E-state index in [0.717, 1.165) is 19.3 Å². The highest BCUT2D eigenvalue weighted by Gasteiger charge is 2.36. The van der Waals surface area contributed by atoms with Crippen LogP contribution < -0.4 is 14.2 Å². The molecule has 0 amide bonds. The van der Waals surface area contributed by atoms with Gasteiger partial charge in [-0.15, -0.1) is 10.2 Å². The molecule has 0 spiro atoms. The third kappa shape index (κ3) is 4.88. The molecule has 1 N–H and O–H groups in total. The number of nitrogens with one attached hydrogen (secondary N) is 1. The summed E-state index contributed by atoms with van der Waals surface area (Å²) < 4.78 is 47.4. The molecule has 0 aliphatic heterocycles. The Morgan fingerprint density at radius 3 is 2.29 bits per heavy atom. The van der Waals surface area contributed by atoms with Crippen LogP contribution in [0.2, 0.25) is 5.02 Å². The maximum atomic E-state index is 13.5. The van der Waals surface area contributed by atoms with Crippen molar-refractivity contribution in [3.05, 3.63) is 41.2 Å². The van der Waals surface area contributed by atoms with E-state index < -0.39 is 21.4 Å². The van der Waals surface area contributed by atoms with Gasteiger partial charge in [-0.2, -0.15) is 9.97 Å². The first-order chi connectivity index (χ1) is 16.8. The zero-order valence-corrected chi connectivity index (χ0v) is 21.2. The average Bonchev–Trinajstić information content (AvgIpc) is 3.20. The lowest BCUT2D eigenvalue weighted by Gasteiger charge is -2.26. The third-order valence-corrected chi connectivity index (χ3v) is 7.89. The van der Waals surface area contributed by atoms with Crippen LogP contribution in [0.5, 0.6) is 11.8 Å². The highest BCUT2D eigenvalue weighted by atomic mass is 35.5. The molecule has 1 fully saturated rings. The first-order valence-corrected chi connectivity index (χ1v) is 12.8. The minimum Gasteiger partial charge on any atom is -0.479 e. The summed E-state index contributed by atoms with van der Waals surface area (Å²) in [7, 11) is 0.273. The first kappa shape index (κ1) is 25.1. The largest absolute Gasteiger partial charge is 0.479 e. The Labute approximate surface area is 208 Å². The number of nitrogens with zero attached hydrogens (tertiary/aromatic N) is 6. The van der Waals surface area contributed by atoms with Crippen molar-refractivity contribution in [2.75, 3.05) is 26.1 Å². The summed E-state index contributed by atoms with van der Waals surface area (Å²) in [5.74, 6) is 0.995. The second kappa shape index (κ2) is 10.3. The van der Waals surface area contributed by atoms with Crippen LogP contribution in [0, 0.1) is 0 Å². The SMILES string of the molecule is COc1ncnc(OC)c1-n1c(NS(=O)(=O)C(C)C(OC)c2ccc(Cl)cn2)nnc1C1CCC1. The highest BCUT2D eigenvalue weighted by Crippen LogP contribution is 2.40. The number of pyridine rings is 1. The summed E-state index contributed by atoms with van der Waals surface area (Å²) in [6.07, 6.45) is 4.70. The average molecular weight is 524 g/mol. The number of methoxy groups -OCH3 is 3. The second-order valence-corrected chi connectivity index (χ2v) is 10.5. The first-order valence-electron chi connectivity index (χ1n) is 10.8. The number of anilines is 1. The van der Waals surface area contributed by atoms with Crippen LogP contribution in [-0.4, -0.2) is 64.7 Å². The van der Waals surface area contributed by atoms with Crippen molar-refractivity contribution in [2.45, 2.75) is 43.5 Å². The number of halogens is 1. The van der Waals surface area contributed by atoms with Crippen molar-refractivity contribution < 1.29 is 22.6 Å². The van der Waals surface area contributed by atoms with Gasteiger partial charge in [0, 0.05) is 19.2 Å². The smallest absolute Gasteiger partial charge is 0.245 e. The van der Waals surface area contributed by atoms with Crippen LogP contribution in [0.3, 0.4) is 0 Å². The quantitative estimate of drug-likeness (QED) is 0.421. The van der Waals surface area contributed by atoms with Gasteiger partial charge in [0.1, 0.15) is 23.5 Å². The molecule has 0 bridgehead atoms. The number of ether oxygens (including phenoxy) is 3. The fourth-order valence-electron chi connectivity index (χ4n) is 3.84. The van der Waals surface area contributed by atoms with Crippen LogP contribution >= 0.6 is 11.6 Å². The Morgan fingerprint density at radius 1 is 1.09 bits per heavy atom. The highest BCUT2D eigenvalue weighted by molar-refractivity contribution is 7.93. The Bertz CT molecular complexity index is 1260. The second-order valence-electron chi connectivity index (χ2n) is 8.00. The predicted octanol–water partition coefficient (Wildman–Crippen LogP) is 2.91. The predicted molar refractivity (Wildman–Crippen MR) is 128 cm³/mol. The molecule has 1 aliphatic carbocycles. The van der Waals surface area contributed by atoms with E-state index in [4.69, 9.17) is 25.8 Å². The lowest BCUT2D eigenvalue weighted by atomic mass is 9.85. The minimum absolute atomic E-state index is 0.0379. The maximum absolute atomic E-state index is 13.5. The zero-order chi connectivity index (χ0) is 25.2. The maximum Gasteiger partial charge on any atom is 0.245 e. The molecule has 1 saturated carbocycles. The van der Waals surface area contributed by atoms with Crippen LogP contribution in [0.1, 0.15) is 49.7 Å². The topological polar surface area (TPSA) is 143 Å². The summed E-state index contributed by atoms with van der Waals surface area (Å²) >= 11 is 5.92. The van der Waals surface area contributed by atoms with Crippen LogP contribution in [0.25, 0.3) is 5.69 Å². The van der Waals surface area contributed by atoms with Crippen molar-refractivity contribution in [1.29, 1.82) is 0 Å². The Kier molecular flexibility index (Phi) is 7.38. The lowest BCUT2D eigenvalue weighted by Crippen LogP contribution is -2.33. The fraction of sp³-hybridized carbons (Fsp3) is 0.476. The molecule has 3 aromatic heterocycles. The van der Waals surface area contributed by atoms with Crippen LogP contribution in [0.15, 0.2) is 24.7 Å². The van der Waals surface area contributed by atoms with E-state index in [-0.39, 0.29) is 23.6 Å². The number of hydrogen-bond acceptors (Lipinski definition) is 10. The number of sulfonamides is 1. The summed E-state index contributed by atoms with van der Waals surface area (Å²) in [5.41, 5.74) is 0.726. The summed E-state index contributed by atoms with van der Waals surface area (Å²) in [6, 6.07) is 3.24. The van der Waals surface area contributed by atoms with Gasteiger partial charge < -0.3 is 14.2 Å². The molecule has 12 nitrogen and oxygen atoms in total. The monoisotopic (exact) mass is 523 g/mol. The zero-order valence-electron chi connectivity index (χ0n) is 19.7. The van der Waals surface area contributed by atoms with Gasteiger partial charge in [0.15, 0.2) is 5.69 Å². The molecule has 0 aromatic carbocycles. The van der Waals surface area contributed by atoms with Crippen LogP contribution in [-0.2, 0) is 14.8 Å². The van der Waals surface area contributed by atoms with Gasteiger partial charge in [-0.05, 0) is 31.9 Å². The number of hydrogen-bond donors (Lipinski definition) is 1. The molecule has 35 heavy (non-hydrogen) atoms. The van der Waals surface area contributed by atoms with Gasteiger partial charge in [-0.3, -0.25) is 14.3 Å². The summed E-state index contributed by atoms with van der Waals surface area (Å²) in [5, 5.41) is 7.85. The summed E-state index contributed by atoms with van der Waals surface area (Å²) in [6.45, 7) is 1.52. The van der Waals surface area contributed by atoms with Gasteiger partial charge in [0.2, 0.25) is 27.7 Å². The van der Waals surface area contributed by atoms with E-state index in [0.29, 0.717) is 22.2 Å². The normalized spacial score (nSPS) is 15.8. The summed E-state index contributed by atoms with van der Waals surface area (Å²) in [4.78, 5) is 12.5. The van der Waals surface area contributed by atoms with Crippen molar-refractivity contribution in [1.82, 2.24) is 29.7 Å². The Balaban J connectivity index is 1.76. The van der Waals surface area contributed by atoms with E-state index in [1.165, 1.54) is 40.8 Å². The molecule has 3 aromatic rings. The third-order valence-electron chi connectivity index (χ3n) is 5.97. The van der Waals surface area contributed by atoms with Crippen molar-refractivity contribution >= 4 is 27.6 Å². The molecule has 14 heteroatoms. The van der Waals surface area contributed by atoms with E-state index in [1.54, 1.807) is 16.7 Å². The van der Waals surface area contributed by atoms with Gasteiger partial charge in [-0.25, -0.2) is 8.42 Å². The van der Waals surface area contributed by atoms with E-state index >= 15 is 0 Å². The van der Waals surface area contributed by atoms with Crippen molar-refractivity contribution in [3.8, 4) is 17.4 Å². The molecule has 2 unspecified atom stereocenters. The van der Waals surface area contributed by atoms with Gasteiger partial charge in [-0.1, -0.05) is 18.0 Å². The van der Waals surface area contributed by atoms with Crippen molar-refractivity contribution in [3.63, 3.8) is 0 Å². The van der Waals surface area contributed by atoms with Gasteiger partial charge >= 0.3 is 0 Å². The van der Waals surface area contributed by atoms with E-state index in [1.807, 2.05) is 0 Å². The minimum atomic E-state index is -4.05. The molecular weight excluding hydrogens is 498 g/mol. The molecule has 4 rings (SSSR count). The molecule has 0 radical (unpaired) electrons. The molecular formula is C21H26ClN7O5S. The molecule has 188 valence electrons. The number of aromatic nitrogens is 6. The molecule has 2 atom stereocenters.